The smallest absolute Gasteiger partial charge is 0.187 e. The van der Waals surface area contributed by atoms with E-state index in [1.54, 1.807) is 0 Å². The molecule has 0 spiro atoms. The van der Waals surface area contributed by atoms with Gasteiger partial charge in [0.1, 0.15) is 128 Å². The predicted octanol–water partition coefficient (Wildman–Crippen LogP) is -12.5. The van der Waals surface area contributed by atoms with Gasteiger partial charge >= 0.3 is 0 Å². The van der Waals surface area contributed by atoms with Crippen LogP contribution in [-0.2, 0) is 47.4 Å². The second-order valence-corrected chi connectivity index (χ2v) is 15.1. The van der Waals surface area contributed by atoms with E-state index in [2.05, 4.69) is 0 Å². The first-order valence-corrected chi connectivity index (χ1v) is 19.3. The van der Waals surface area contributed by atoms with Crippen molar-refractivity contribution in [3.05, 3.63) is 0 Å². The normalized spacial score (nSPS) is 50.4. The minimum atomic E-state index is -2.14. The van der Waals surface area contributed by atoms with Gasteiger partial charge in [0.25, 0.3) is 0 Å². The number of aliphatic hydroxyl groups excluding tert-OH is 18. The summed E-state index contributed by atoms with van der Waals surface area (Å²) in [7, 11) is 0. The van der Waals surface area contributed by atoms with E-state index in [1.165, 1.54) is 0 Å². The molecule has 26 atom stereocenters. The summed E-state index contributed by atoms with van der Waals surface area (Å²) < 4.78 is 54.9. The Balaban J connectivity index is 1.21. The van der Waals surface area contributed by atoms with Crippen LogP contribution in [0.2, 0.25) is 0 Å². The third-order valence-electron chi connectivity index (χ3n) is 11.0. The first-order valence-electron chi connectivity index (χ1n) is 19.3. The van der Waals surface area contributed by atoms with Gasteiger partial charge in [-0.1, -0.05) is 0 Å². The van der Waals surface area contributed by atoms with Crippen molar-refractivity contribution >= 4 is 0 Å². The van der Waals surface area contributed by atoms with Crippen molar-refractivity contribution in [2.75, 3.05) is 46.2 Å². The summed E-state index contributed by atoms with van der Waals surface area (Å²) in [6.07, 6.45) is -47.3. The van der Waals surface area contributed by atoms with Crippen LogP contribution in [0.5, 0.6) is 0 Å². The van der Waals surface area contributed by atoms with Gasteiger partial charge in [-0.15, -0.1) is 0 Å². The quantitative estimate of drug-likeness (QED) is 0.0644. The average molecular weight is 903 g/mol. The van der Waals surface area contributed by atoms with E-state index in [1.807, 2.05) is 0 Å². The molecule has 5 heterocycles. The van der Waals surface area contributed by atoms with Gasteiger partial charge in [0.05, 0.1) is 46.2 Å². The Morgan fingerprint density at radius 3 is 0.885 bits per heavy atom. The van der Waals surface area contributed by atoms with Crippen LogP contribution in [0.3, 0.4) is 0 Å². The SMILES string of the molecule is OCC(O)CO[C@H]1O[C@H](CO)[C@@H](O[C@H]2O[C@H](CO)[C@@H](O[C@H]3O[C@H](CO)[C@@H](O[C@H]4O[C@H](CO)[C@@H](O[C@H]5O[C@H](CO)[C@@H](O)[C@H](O)[C@H]5O)[C@H](O)[C@H]4O)[C@H](O)[C@H]3O)[C@H](O)[C@H]2O)[C@H](O)[C@H]1O. The molecule has 0 aromatic carbocycles. The molecule has 0 aromatic heterocycles. The molecule has 5 aliphatic heterocycles. The van der Waals surface area contributed by atoms with Crippen molar-refractivity contribution in [2.45, 2.75) is 160 Å². The molecule has 0 bridgehead atoms. The monoisotopic (exact) mass is 902 g/mol. The largest absolute Gasteiger partial charge is 0.394 e. The molecule has 5 aliphatic rings. The molecule has 0 aromatic rings. The lowest BCUT2D eigenvalue weighted by Gasteiger charge is -2.49. The van der Waals surface area contributed by atoms with Crippen LogP contribution >= 0.6 is 0 Å². The molecule has 28 nitrogen and oxygen atoms in total. The Bertz CT molecular complexity index is 1300. The molecule has 5 fully saturated rings. The molecule has 18 N–H and O–H groups in total. The summed E-state index contributed by atoms with van der Waals surface area (Å²) >= 11 is 0. The zero-order chi connectivity index (χ0) is 45.0. The molecular weight excluding hydrogens is 844 g/mol. The van der Waals surface area contributed by atoms with Crippen molar-refractivity contribution in [2.24, 2.45) is 0 Å². The lowest BCUT2D eigenvalue weighted by atomic mass is 9.95. The van der Waals surface area contributed by atoms with E-state index in [0.29, 0.717) is 0 Å². The standard InChI is InChI=1S/C33H58O28/c34-1-8(40)7-52-29-21(48)16(43)25(10(3-36)54-29)59-31-23(50)18(45)27(12(5-38)56-31)61-33-24(51)19(46)28(13(6-39)57-33)60-32-22(49)17(44)26(11(4-37)55-32)58-30-20(47)15(42)14(41)9(2-35)53-30/h8-51H,1-7H2/t8?,9-,10-,11-,12-,13-,14-,15+,16-,17-,18-,19-,20-,21-,22-,23-,24-,25-,26-,27-,28-,29+,30-,31-,32-,33-/m1/s1. The van der Waals surface area contributed by atoms with E-state index < -0.39 is 206 Å². The van der Waals surface area contributed by atoms with Crippen molar-refractivity contribution in [3.8, 4) is 0 Å². The molecule has 5 saturated heterocycles. The van der Waals surface area contributed by atoms with Crippen LogP contribution in [0.1, 0.15) is 0 Å². The highest BCUT2D eigenvalue weighted by Gasteiger charge is 2.56. The maximum atomic E-state index is 11.1. The third-order valence-corrected chi connectivity index (χ3v) is 11.0. The zero-order valence-electron chi connectivity index (χ0n) is 32.1. The Labute approximate surface area is 345 Å². The van der Waals surface area contributed by atoms with Crippen LogP contribution in [0.4, 0.5) is 0 Å². The second kappa shape index (κ2) is 22.4. The van der Waals surface area contributed by atoms with Crippen LogP contribution in [0, 0.1) is 0 Å². The maximum Gasteiger partial charge on any atom is 0.187 e. The van der Waals surface area contributed by atoms with Crippen molar-refractivity contribution in [1.29, 1.82) is 0 Å². The summed E-state index contributed by atoms with van der Waals surface area (Å²) in [5, 5.41) is 186. The van der Waals surface area contributed by atoms with E-state index in [-0.39, 0.29) is 0 Å². The molecule has 0 amide bonds. The lowest BCUT2D eigenvalue weighted by molar-refractivity contribution is -0.393. The highest BCUT2D eigenvalue weighted by molar-refractivity contribution is 4.99. The van der Waals surface area contributed by atoms with Crippen LogP contribution in [-0.4, -0.2) is 298 Å². The number of hydrogen-bond donors (Lipinski definition) is 18. The Kier molecular flexibility index (Phi) is 18.7. The number of ether oxygens (including phenoxy) is 10. The molecule has 0 aliphatic carbocycles. The van der Waals surface area contributed by atoms with Gasteiger partial charge in [0.15, 0.2) is 31.5 Å². The van der Waals surface area contributed by atoms with Crippen LogP contribution < -0.4 is 0 Å². The molecule has 0 saturated carbocycles. The molecular formula is C33H58O28. The first kappa shape index (κ1) is 50.9. The number of hydrogen-bond acceptors (Lipinski definition) is 28. The van der Waals surface area contributed by atoms with E-state index in [4.69, 9.17) is 52.5 Å². The summed E-state index contributed by atoms with van der Waals surface area (Å²) in [5.74, 6) is 0. The van der Waals surface area contributed by atoms with Crippen LogP contribution in [0.25, 0.3) is 0 Å². The van der Waals surface area contributed by atoms with Gasteiger partial charge in [-0.2, -0.15) is 0 Å². The molecule has 358 valence electrons. The minimum Gasteiger partial charge on any atom is -0.394 e. The summed E-state index contributed by atoms with van der Waals surface area (Å²) in [5.41, 5.74) is 0. The first-order chi connectivity index (χ1) is 29.0. The van der Waals surface area contributed by atoms with Gasteiger partial charge in [0.2, 0.25) is 0 Å². The average Bonchev–Trinajstić information content (AvgIpc) is 3.26. The topological polar surface area (TPSA) is 456 Å². The summed E-state index contributed by atoms with van der Waals surface area (Å²) in [6, 6.07) is 0. The molecule has 0 radical (unpaired) electrons. The highest BCUT2D eigenvalue weighted by Crippen LogP contribution is 2.35. The maximum absolute atomic E-state index is 11.1. The van der Waals surface area contributed by atoms with Gasteiger partial charge in [-0.05, 0) is 0 Å². The summed E-state index contributed by atoms with van der Waals surface area (Å²) in [4.78, 5) is 0. The van der Waals surface area contributed by atoms with Gasteiger partial charge < -0.3 is 139 Å². The van der Waals surface area contributed by atoms with Gasteiger partial charge in [0, 0.05) is 0 Å². The number of rotatable bonds is 17. The third kappa shape index (κ3) is 11.0. The van der Waals surface area contributed by atoms with Crippen LogP contribution in [0.15, 0.2) is 0 Å². The predicted molar refractivity (Wildman–Crippen MR) is 183 cm³/mol. The number of aliphatic hydroxyl groups is 18. The fourth-order valence-electron chi connectivity index (χ4n) is 7.42. The molecule has 61 heavy (non-hydrogen) atoms. The van der Waals surface area contributed by atoms with E-state index in [0.717, 1.165) is 0 Å². The van der Waals surface area contributed by atoms with Gasteiger partial charge in [-0.25, -0.2) is 0 Å². The Morgan fingerprint density at radius 2 is 0.590 bits per heavy atom. The van der Waals surface area contributed by atoms with Crippen molar-refractivity contribution in [3.63, 3.8) is 0 Å². The fraction of sp³-hybridized carbons (Fsp3) is 1.00. The Hall–Kier alpha value is -1.12. The molecule has 28 heteroatoms. The fourth-order valence-corrected chi connectivity index (χ4v) is 7.42. The second-order valence-electron chi connectivity index (χ2n) is 15.1. The van der Waals surface area contributed by atoms with E-state index >= 15 is 0 Å². The van der Waals surface area contributed by atoms with Crippen molar-refractivity contribution in [1.82, 2.24) is 0 Å². The highest BCUT2D eigenvalue weighted by atomic mass is 16.8. The van der Waals surface area contributed by atoms with Gasteiger partial charge in [-0.3, -0.25) is 0 Å². The Morgan fingerprint density at radius 1 is 0.328 bits per heavy atom. The lowest BCUT2D eigenvalue weighted by Crippen LogP contribution is -2.68. The molecule has 5 rings (SSSR count). The van der Waals surface area contributed by atoms with Crippen molar-refractivity contribution < 1.29 is 139 Å². The molecule has 1 unspecified atom stereocenters. The van der Waals surface area contributed by atoms with E-state index in [9.17, 15) is 86.8 Å². The summed E-state index contributed by atoms with van der Waals surface area (Å²) in [6.45, 7) is -5.81. The minimum absolute atomic E-state index is 0.531. The zero-order valence-corrected chi connectivity index (χ0v) is 32.1.